The van der Waals surface area contributed by atoms with Crippen LogP contribution in [0.1, 0.15) is 4.88 Å². The molecule has 0 bridgehead atoms. The van der Waals surface area contributed by atoms with Crippen LogP contribution in [0.25, 0.3) is 0 Å². The maximum atomic E-state index is 2.21. The van der Waals surface area contributed by atoms with Crippen molar-refractivity contribution in [3.8, 4) is 0 Å². The van der Waals surface area contributed by atoms with Crippen LogP contribution in [0.4, 0.5) is 0 Å². The fraction of sp³-hybridized carbons (Fsp3) is 0.200. The third-order valence-corrected chi connectivity index (χ3v) is 5.27. The summed E-state index contributed by atoms with van der Waals surface area (Å²) in [6, 6.07) is 4.32. The van der Waals surface area contributed by atoms with E-state index >= 15 is 0 Å². The Morgan fingerprint density at radius 1 is 1.71 bits per heavy atom. The molecule has 0 aliphatic carbocycles. The summed E-state index contributed by atoms with van der Waals surface area (Å²) in [6.07, 6.45) is 0. The fourth-order valence-corrected chi connectivity index (χ4v) is 3.08. The van der Waals surface area contributed by atoms with Gasteiger partial charge < -0.3 is 0 Å². The van der Waals surface area contributed by atoms with Crippen molar-refractivity contribution in [1.29, 1.82) is 0 Å². The standard InChI is InChI=1S/C5H5S.Hg/c1-5-3-2-4-6-5;/h2-4H,1H2;/q;+1. The summed E-state index contributed by atoms with van der Waals surface area (Å²) < 4.78 is 1.37. The number of hydrogen-bond acceptors (Lipinski definition) is 1. The van der Waals surface area contributed by atoms with E-state index in [0.29, 0.717) is 0 Å². The molecule has 32 valence electrons. The predicted octanol–water partition coefficient (Wildman–Crippen LogP) is 1.79. The van der Waals surface area contributed by atoms with Crippen molar-refractivity contribution in [2.45, 2.75) is 3.93 Å². The SMILES string of the molecule is [Hg+][CH2]c1cccs1. The van der Waals surface area contributed by atoms with Crippen molar-refractivity contribution in [3.63, 3.8) is 0 Å². The van der Waals surface area contributed by atoms with Gasteiger partial charge in [0.2, 0.25) is 0 Å². The van der Waals surface area contributed by atoms with Crippen molar-refractivity contribution < 1.29 is 26.1 Å². The van der Waals surface area contributed by atoms with E-state index in [1.165, 1.54) is 3.93 Å². The van der Waals surface area contributed by atoms with Gasteiger partial charge in [0, 0.05) is 0 Å². The zero-order valence-corrected chi connectivity index (χ0v) is 10.4. The monoisotopic (exact) mass is 299 g/mol. The van der Waals surface area contributed by atoms with Gasteiger partial charge in [-0.3, -0.25) is 0 Å². The Hall–Kier alpha value is 0.635. The maximum absolute atomic E-state index is 2.21. The van der Waals surface area contributed by atoms with Crippen LogP contribution in [0.15, 0.2) is 17.5 Å². The van der Waals surface area contributed by atoms with Gasteiger partial charge in [0.1, 0.15) is 0 Å². The second-order valence-electron chi connectivity index (χ2n) is 1.33. The predicted molar refractivity (Wildman–Crippen MR) is 28.0 cm³/mol. The van der Waals surface area contributed by atoms with E-state index in [0.717, 1.165) is 26.1 Å². The number of hydrogen-bond donors (Lipinski definition) is 0. The van der Waals surface area contributed by atoms with Crippen molar-refractivity contribution in [2.75, 3.05) is 0 Å². The first-order chi connectivity index (χ1) is 3.43. The van der Waals surface area contributed by atoms with E-state index < -0.39 is 0 Å². The summed E-state index contributed by atoms with van der Waals surface area (Å²) in [6.45, 7) is 0. The zero-order chi connectivity index (χ0) is 5.11. The third kappa shape index (κ3) is 1.54. The normalized spacial score (nSPS) is 9.43. The van der Waals surface area contributed by atoms with Crippen molar-refractivity contribution in [3.05, 3.63) is 22.4 Å². The molecule has 0 radical (unpaired) electrons. The minimum absolute atomic E-state index is 0.954. The molecule has 0 unspecified atom stereocenters. The molecule has 0 aromatic carbocycles. The first-order valence-corrected chi connectivity index (χ1v) is 7.02. The van der Waals surface area contributed by atoms with E-state index in [9.17, 15) is 0 Å². The van der Waals surface area contributed by atoms with Crippen LogP contribution >= 0.6 is 11.3 Å². The molecule has 0 fully saturated rings. The second kappa shape index (κ2) is 2.83. The van der Waals surface area contributed by atoms with Gasteiger partial charge in [-0.25, -0.2) is 0 Å². The minimum atomic E-state index is 0.954. The van der Waals surface area contributed by atoms with Gasteiger partial charge in [-0.15, -0.1) is 0 Å². The van der Waals surface area contributed by atoms with Crippen LogP contribution in [0, 0.1) is 0 Å². The van der Waals surface area contributed by atoms with Gasteiger partial charge in [-0.1, -0.05) is 0 Å². The van der Waals surface area contributed by atoms with Gasteiger partial charge >= 0.3 is 63.8 Å². The summed E-state index contributed by atoms with van der Waals surface area (Å²) in [5.41, 5.74) is 0. The molecule has 0 atom stereocenters. The Morgan fingerprint density at radius 2 is 2.57 bits per heavy atom. The number of rotatable bonds is 1. The summed E-state index contributed by atoms with van der Waals surface area (Å²) in [5, 5.41) is 2.14. The number of thiophene rings is 1. The fourth-order valence-electron chi connectivity index (χ4n) is 0.455. The molecule has 0 nitrogen and oxygen atoms in total. The molecule has 0 saturated carbocycles. The Kier molecular flexibility index (Phi) is 2.33. The molecule has 1 aromatic rings. The quantitative estimate of drug-likeness (QED) is 0.694. The van der Waals surface area contributed by atoms with E-state index in [4.69, 9.17) is 0 Å². The molecular formula is C5H5HgS+. The van der Waals surface area contributed by atoms with Gasteiger partial charge in [-0.2, -0.15) is 0 Å². The summed E-state index contributed by atoms with van der Waals surface area (Å²) in [4.78, 5) is 1.56. The average molecular weight is 298 g/mol. The van der Waals surface area contributed by atoms with Gasteiger partial charge in [0.05, 0.1) is 0 Å². The van der Waals surface area contributed by atoms with Gasteiger partial charge in [0.25, 0.3) is 0 Å². The van der Waals surface area contributed by atoms with Crippen LogP contribution in [0.2, 0.25) is 0 Å². The molecular weight excluding hydrogens is 293 g/mol. The Balaban J connectivity index is 2.76. The molecule has 0 spiro atoms. The van der Waals surface area contributed by atoms with Gasteiger partial charge in [0.15, 0.2) is 0 Å². The Morgan fingerprint density at radius 3 is 2.86 bits per heavy atom. The van der Waals surface area contributed by atoms with E-state index in [-0.39, 0.29) is 0 Å². The van der Waals surface area contributed by atoms with E-state index in [1.54, 1.807) is 4.88 Å². The molecule has 1 rings (SSSR count). The first kappa shape index (κ1) is 5.77. The van der Waals surface area contributed by atoms with E-state index in [2.05, 4.69) is 17.5 Å². The van der Waals surface area contributed by atoms with Crippen molar-refractivity contribution >= 4 is 11.3 Å². The van der Waals surface area contributed by atoms with Gasteiger partial charge in [-0.05, 0) is 0 Å². The molecule has 0 N–H and O–H groups in total. The van der Waals surface area contributed by atoms with Crippen LogP contribution in [0.5, 0.6) is 0 Å². The third-order valence-electron chi connectivity index (χ3n) is 0.827. The van der Waals surface area contributed by atoms with Crippen molar-refractivity contribution in [2.24, 2.45) is 0 Å². The second-order valence-corrected chi connectivity index (χ2v) is 4.31. The molecule has 1 aromatic heterocycles. The molecule has 0 saturated heterocycles. The van der Waals surface area contributed by atoms with Crippen LogP contribution in [-0.2, 0) is 30.1 Å². The zero-order valence-electron chi connectivity index (χ0n) is 4.05. The Bertz CT molecular complexity index is 123. The summed E-state index contributed by atoms with van der Waals surface area (Å²) in [5.74, 6) is 0. The van der Waals surface area contributed by atoms with E-state index in [1.807, 2.05) is 11.3 Å². The van der Waals surface area contributed by atoms with Crippen LogP contribution in [-0.4, -0.2) is 0 Å². The molecule has 1 heterocycles. The van der Waals surface area contributed by atoms with Crippen LogP contribution in [0.3, 0.4) is 0 Å². The van der Waals surface area contributed by atoms with Crippen molar-refractivity contribution in [1.82, 2.24) is 0 Å². The molecule has 0 aliphatic heterocycles. The average Bonchev–Trinajstić information content (AvgIpc) is 2.14. The summed E-state index contributed by atoms with van der Waals surface area (Å²) >= 11 is 2.83. The van der Waals surface area contributed by atoms with Crippen LogP contribution < -0.4 is 0 Å². The molecule has 7 heavy (non-hydrogen) atoms. The molecule has 0 aliphatic rings. The topological polar surface area (TPSA) is 0 Å². The Labute approximate surface area is 63.5 Å². The molecule has 0 amide bonds. The first-order valence-electron chi connectivity index (χ1n) is 2.25. The summed E-state index contributed by atoms with van der Waals surface area (Å²) in [7, 11) is 0. The molecule has 2 heteroatoms.